The first-order valence-corrected chi connectivity index (χ1v) is 7.79. The summed E-state index contributed by atoms with van der Waals surface area (Å²) in [5.74, 6) is -0.875. The van der Waals surface area contributed by atoms with E-state index >= 15 is 0 Å². The second-order valence-corrected chi connectivity index (χ2v) is 5.96. The standard InChI is InChI=1S/C10H14BrFN2O3S/c1-17-7-8(4-5-11)14-18(15,16)10-9(12)3-2-6-13-10/h2-3,6,8,14H,4-5,7H2,1H3. The lowest BCUT2D eigenvalue weighted by atomic mass is 10.3. The van der Waals surface area contributed by atoms with Crippen LogP contribution in [0.15, 0.2) is 23.4 Å². The van der Waals surface area contributed by atoms with Gasteiger partial charge in [-0.15, -0.1) is 0 Å². The minimum absolute atomic E-state index is 0.208. The Morgan fingerprint density at radius 3 is 2.89 bits per heavy atom. The molecule has 18 heavy (non-hydrogen) atoms. The largest absolute Gasteiger partial charge is 0.383 e. The third-order valence-electron chi connectivity index (χ3n) is 2.13. The highest BCUT2D eigenvalue weighted by molar-refractivity contribution is 9.09. The highest BCUT2D eigenvalue weighted by atomic mass is 79.9. The van der Waals surface area contributed by atoms with Crippen LogP contribution in [0.1, 0.15) is 6.42 Å². The molecule has 0 aromatic carbocycles. The van der Waals surface area contributed by atoms with Crippen LogP contribution in [0.25, 0.3) is 0 Å². The van der Waals surface area contributed by atoms with Gasteiger partial charge >= 0.3 is 0 Å². The predicted octanol–water partition coefficient (Wildman–Crippen LogP) is 1.30. The molecule has 1 unspecified atom stereocenters. The van der Waals surface area contributed by atoms with Crippen LogP contribution in [0.2, 0.25) is 0 Å². The van der Waals surface area contributed by atoms with Crippen LogP contribution >= 0.6 is 15.9 Å². The molecule has 1 aromatic rings. The predicted molar refractivity (Wildman–Crippen MR) is 68.6 cm³/mol. The van der Waals surface area contributed by atoms with Gasteiger partial charge in [0.1, 0.15) is 0 Å². The van der Waals surface area contributed by atoms with Gasteiger partial charge in [-0.25, -0.2) is 22.5 Å². The number of nitrogens with one attached hydrogen (secondary N) is 1. The van der Waals surface area contributed by atoms with Crippen molar-refractivity contribution in [1.29, 1.82) is 0 Å². The molecule has 1 atom stereocenters. The Morgan fingerprint density at radius 2 is 2.33 bits per heavy atom. The van der Waals surface area contributed by atoms with Crippen LogP contribution in [0, 0.1) is 5.82 Å². The van der Waals surface area contributed by atoms with Gasteiger partial charge in [0, 0.05) is 24.7 Å². The number of alkyl halides is 1. The number of nitrogens with zero attached hydrogens (tertiary/aromatic N) is 1. The van der Waals surface area contributed by atoms with Crippen molar-refractivity contribution in [2.24, 2.45) is 0 Å². The topological polar surface area (TPSA) is 68.3 Å². The van der Waals surface area contributed by atoms with E-state index in [1.54, 1.807) is 0 Å². The van der Waals surface area contributed by atoms with Gasteiger partial charge < -0.3 is 4.74 Å². The van der Waals surface area contributed by atoms with E-state index in [1.807, 2.05) is 0 Å². The second-order valence-electron chi connectivity index (χ2n) is 3.54. The molecule has 0 bridgehead atoms. The number of methoxy groups -OCH3 is 1. The Bertz CT molecular complexity index is 478. The maximum atomic E-state index is 13.4. The molecule has 0 spiro atoms. The van der Waals surface area contributed by atoms with Gasteiger partial charge in [0.2, 0.25) is 5.03 Å². The van der Waals surface area contributed by atoms with Crippen molar-refractivity contribution in [3.05, 3.63) is 24.1 Å². The third kappa shape index (κ3) is 4.27. The number of hydrogen-bond acceptors (Lipinski definition) is 4. The van der Waals surface area contributed by atoms with Crippen molar-refractivity contribution in [3.8, 4) is 0 Å². The average Bonchev–Trinajstić information content (AvgIpc) is 2.29. The first-order chi connectivity index (χ1) is 8.51. The summed E-state index contributed by atoms with van der Waals surface area (Å²) in [5.41, 5.74) is 0. The number of pyridine rings is 1. The zero-order chi connectivity index (χ0) is 13.6. The zero-order valence-electron chi connectivity index (χ0n) is 9.77. The van der Waals surface area contributed by atoms with Crippen molar-refractivity contribution in [2.45, 2.75) is 17.5 Å². The lowest BCUT2D eigenvalue weighted by Crippen LogP contribution is -2.39. The molecule has 1 rings (SSSR count). The van der Waals surface area contributed by atoms with E-state index in [9.17, 15) is 12.8 Å². The fourth-order valence-electron chi connectivity index (χ4n) is 1.35. The highest BCUT2D eigenvalue weighted by Crippen LogP contribution is 2.11. The van der Waals surface area contributed by atoms with E-state index in [4.69, 9.17) is 4.74 Å². The number of aromatic nitrogens is 1. The van der Waals surface area contributed by atoms with E-state index in [2.05, 4.69) is 25.6 Å². The highest BCUT2D eigenvalue weighted by Gasteiger charge is 2.24. The number of sulfonamides is 1. The van der Waals surface area contributed by atoms with Crippen LogP contribution in [0.4, 0.5) is 4.39 Å². The van der Waals surface area contributed by atoms with E-state index in [0.29, 0.717) is 11.8 Å². The van der Waals surface area contributed by atoms with Crippen LogP contribution < -0.4 is 4.72 Å². The molecule has 0 saturated carbocycles. The number of rotatable bonds is 7. The molecule has 5 nitrogen and oxygen atoms in total. The maximum Gasteiger partial charge on any atom is 0.261 e. The first-order valence-electron chi connectivity index (χ1n) is 5.19. The quantitative estimate of drug-likeness (QED) is 0.759. The van der Waals surface area contributed by atoms with Crippen molar-refractivity contribution < 1.29 is 17.5 Å². The molecule has 0 aliphatic rings. The van der Waals surface area contributed by atoms with Gasteiger partial charge in [0.15, 0.2) is 5.82 Å². The van der Waals surface area contributed by atoms with Crippen LogP contribution in [0.3, 0.4) is 0 Å². The van der Waals surface area contributed by atoms with E-state index in [1.165, 1.54) is 19.4 Å². The average molecular weight is 341 g/mol. The lowest BCUT2D eigenvalue weighted by molar-refractivity contribution is 0.173. The van der Waals surface area contributed by atoms with E-state index in [-0.39, 0.29) is 6.61 Å². The van der Waals surface area contributed by atoms with Crippen LogP contribution in [0.5, 0.6) is 0 Å². The summed E-state index contributed by atoms with van der Waals surface area (Å²) in [6.07, 6.45) is 1.76. The molecule has 0 amide bonds. The molecule has 8 heteroatoms. The molecule has 0 radical (unpaired) electrons. The Morgan fingerprint density at radius 1 is 1.61 bits per heavy atom. The van der Waals surface area contributed by atoms with Gasteiger partial charge in [-0.3, -0.25) is 0 Å². The van der Waals surface area contributed by atoms with Crippen molar-refractivity contribution in [2.75, 3.05) is 19.0 Å². The van der Waals surface area contributed by atoms with Gasteiger partial charge in [0.25, 0.3) is 10.0 Å². The van der Waals surface area contributed by atoms with Gasteiger partial charge in [-0.05, 0) is 18.6 Å². The van der Waals surface area contributed by atoms with Crippen molar-refractivity contribution in [3.63, 3.8) is 0 Å². The molecule has 1 aromatic heterocycles. The summed E-state index contributed by atoms with van der Waals surface area (Å²) in [6, 6.07) is 1.96. The molecule has 1 heterocycles. The Balaban J connectivity index is 2.90. The van der Waals surface area contributed by atoms with E-state index in [0.717, 1.165) is 6.07 Å². The normalized spacial score (nSPS) is 13.5. The molecule has 1 N–H and O–H groups in total. The Hall–Kier alpha value is -0.570. The summed E-state index contributed by atoms with van der Waals surface area (Å²) in [6.45, 7) is 0.208. The zero-order valence-corrected chi connectivity index (χ0v) is 12.2. The van der Waals surface area contributed by atoms with Crippen LogP contribution in [-0.2, 0) is 14.8 Å². The Kier molecular flexibility index (Phi) is 6.13. The summed E-state index contributed by atoms with van der Waals surface area (Å²) < 4.78 is 44.5. The molecular formula is C10H14BrFN2O3S. The van der Waals surface area contributed by atoms with E-state index < -0.39 is 26.9 Å². The van der Waals surface area contributed by atoms with Gasteiger partial charge in [-0.1, -0.05) is 15.9 Å². The third-order valence-corrected chi connectivity index (χ3v) is 4.04. The number of ether oxygens (including phenoxy) is 1. The lowest BCUT2D eigenvalue weighted by Gasteiger charge is -2.16. The fraction of sp³-hybridized carbons (Fsp3) is 0.500. The maximum absolute atomic E-state index is 13.4. The second kappa shape index (κ2) is 7.13. The summed E-state index contributed by atoms with van der Waals surface area (Å²) in [4.78, 5) is 3.55. The van der Waals surface area contributed by atoms with Crippen LogP contribution in [-0.4, -0.2) is 38.5 Å². The fourth-order valence-corrected chi connectivity index (χ4v) is 3.17. The summed E-state index contributed by atoms with van der Waals surface area (Å²) >= 11 is 3.22. The minimum atomic E-state index is -3.97. The van der Waals surface area contributed by atoms with Crippen molar-refractivity contribution >= 4 is 26.0 Å². The SMILES string of the molecule is COCC(CCBr)NS(=O)(=O)c1ncccc1F. The monoisotopic (exact) mass is 340 g/mol. The molecule has 0 fully saturated rings. The smallest absolute Gasteiger partial charge is 0.261 e. The first kappa shape index (κ1) is 15.5. The minimum Gasteiger partial charge on any atom is -0.383 e. The molecule has 0 aliphatic heterocycles. The number of halogens is 2. The van der Waals surface area contributed by atoms with Crippen molar-refractivity contribution in [1.82, 2.24) is 9.71 Å². The van der Waals surface area contributed by atoms with Gasteiger partial charge in [-0.2, -0.15) is 0 Å². The Labute approximate surface area is 114 Å². The molecule has 0 saturated heterocycles. The van der Waals surface area contributed by atoms with Gasteiger partial charge in [0.05, 0.1) is 6.61 Å². The summed E-state index contributed by atoms with van der Waals surface area (Å²) in [5, 5.41) is 0.00881. The summed E-state index contributed by atoms with van der Waals surface area (Å²) in [7, 11) is -2.50. The molecular weight excluding hydrogens is 327 g/mol. The molecule has 0 aliphatic carbocycles. The molecule has 102 valence electrons. The number of hydrogen-bond donors (Lipinski definition) is 1.